The molecule has 34 heavy (non-hydrogen) atoms. The van der Waals surface area contributed by atoms with Crippen molar-refractivity contribution in [3.05, 3.63) is 132 Å². The van der Waals surface area contributed by atoms with Crippen LogP contribution >= 0.6 is 0 Å². The Morgan fingerprint density at radius 2 is 1.62 bits per heavy atom. The van der Waals surface area contributed by atoms with Gasteiger partial charge in [0.05, 0.1) is 24.0 Å². The van der Waals surface area contributed by atoms with Crippen molar-refractivity contribution in [3.63, 3.8) is 0 Å². The van der Waals surface area contributed by atoms with Gasteiger partial charge < -0.3 is 15.0 Å². The second-order valence-corrected chi connectivity index (χ2v) is 8.25. The molecule has 1 aliphatic rings. The number of fused-ring (bicyclic) bond motifs is 1. The van der Waals surface area contributed by atoms with E-state index in [0.717, 1.165) is 33.8 Å². The number of rotatable bonds is 6. The van der Waals surface area contributed by atoms with Gasteiger partial charge in [-0.05, 0) is 47.0 Å². The van der Waals surface area contributed by atoms with Gasteiger partial charge >= 0.3 is 0 Å². The van der Waals surface area contributed by atoms with Gasteiger partial charge in [0.2, 0.25) is 0 Å². The summed E-state index contributed by atoms with van der Waals surface area (Å²) in [6.07, 6.45) is 3.49. The average molecular weight is 447 g/mol. The lowest BCUT2D eigenvalue weighted by atomic mass is 10.0. The Bertz CT molecular complexity index is 1290. The molecule has 1 N–H and O–H groups in total. The first-order valence-corrected chi connectivity index (χ1v) is 11.4. The molecule has 4 heteroatoms. The predicted molar refractivity (Wildman–Crippen MR) is 138 cm³/mol. The van der Waals surface area contributed by atoms with E-state index in [-0.39, 0.29) is 11.9 Å². The molecular formula is C30H26N2O2. The predicted octanol–water partition coefficient (Wildman–Crippen LogP) is 6.48. The van der Waals surface area contributed by atoms with Gasteiger partial charge in [0.15, 0.2) is 0 Å². The van der Waals surface area contributed by atoms with E-state index in [2.05, 4.69) is 17.4 Å². The molecule has 0 saturated carbocycles. The fourth-order valence-electron chi connectivity index (χ4n) is 4.13. The molecule has 5 rings (SSSR count). The molecule has 0 bridgehead atoms. The van der Waals surface area contributed by atoms with Crippen LogP contribution < -0.4 is 15.0 Å². The van der Waals surface area contributed by atoms with E-state index in [1.54, 1.807) is 6.08 Å². The fraction of sp³-hybridized carbons (Fsp3) is 0.100. The van der Waals surface area contributed by atoms with Gasteiger partial charge in [0.25, 0.3) is 5.91 Å². The maximum absolute atomic E-state index is 13.3. The molecular weight excluding hydrogens is 420 g/mol. The minimum Gasteiger partial charge on any atom is -0.489 e. The van der Waals surface area contributed by atoms with Crippen molar-refractivity contribution in [1.82, 2.24) is 0 Å². The van der Waals surface area contributed by atoms with Crippen LogP contribution in [-0.2, 0) is 11.4 Å². The van der Waals surface area contributed by atoms with Crippen molar-refractivity contribution in [1.29, 1.82) is 0 Å². The van der Waals surface area contributed by atoms with E-state index in [1.165, 1.54) is 0 Å². The first-order valence-electron chi connectivity index (χ1n) is 11.4. The lowest BCUT2D eigenvalue weighted by Gasteiger charge is -2.35. The third-order valence-electron chi connectivity index (χ3n) is 5.88. The zero-order valence-corrected chi connectivity index (χ0v) is 18.8. The highest BCUT2D eigenvalue weighted by atomic mass is 16.5. The number of carbonyl (C=O) groups is 1. The van der Waals surface area contributed by atoms with Crippen molar-refractivity contribution < 1.29 is 9.53 Å². The summed E-state index contributed by atoms with van der Waals surface area (Å²) in [7, 11) is 0. The molecule has 0 aromatic heterocycles. The van der Waals surface area contributed by atoms with Gasteiger partial charge in [0, 0.05) is 6.08 Å². The summed E-state index contributed by atoms with van der Waals surface area (Å²) in [6.45, 7) is 1.07. The number of carbonyl (C=O) groups excluding carboxylic acids is 1. The Morgan fingerprint density at radius 1 is 0.882 bits per heavy atom. The van der Waals surface area contributed by atoms with E-state index in [4.69, 9.17) is 4.74 Å². The summed E-state index contributed by atoms with van der Waals surface area (Å²) in [5, 5.41) is 3.57. The summed E-state index contributed by atoms with van der Waals surface area (Å²) in [4.78, 5) is 15.1. The molecule has 0 spiro atoms. The smallest absolute Gasteiger partial charge is 0.251 e. The molecule has 168 valence electrons. The first-order chi connectivity index (χ1) is 16.8. The lowest BCUT2D eigenvalue weighted by Crippen LogP contribution is -2.39. The average Bonchev–Trinajstić information content (AvgIpc) is 2.91. The molecule has 1 atom stereocenters. The zero-order chi connectivity index (χ0) is 23.2. The molecule has 4 nitrogen and oxygen atoms in total. The number of nitrogens with one attached hydrogen (secondary N) is 1. The second kappa shape index (κ2) is 10.1. The molecule has 0 radical (unpaired) electrons. The Labute approximate surface area is 200 Å². The first kappa shape index (κ1) is 21.5. The number of hydrogen-bond donors (Lipinski definition) is 1. The number of benzene rings is 4. The van der Waals surface area contributed by atoms with E-state index in [9.17, 15) is 4.79 Å². The topological polar surface area (TPSA) is 41.6 Å². The highest BCUT2D eigenvalue weighted by molar-refractivity contribution is 6.06. The Balaban J connectivity index is 1.31. The molecule has 0 fully saturated rings. The van der Waals surface area contributed by atoms with Gasteiger partial charge in [0.1, 0.15) is 12.4 Å². The number of para-hydroxylation sites is 2. The highest BCUT2D eigenvalue weighted by Gasteiger charge is 2.27. The van der Waals surface area contributed by atoms with E-state index < -0.39 is 0 Å². The van der Waals surface area contributed by atoms with Crippen molar-refractivity contribution in [2.24, 2.45) is 0 Å². The van der Waals surface area contributed by atoms with Crippen molar-refractivity contribution in [3.8, 4) is 5.75 Å². The molecule has 1 unspecified atom stereocenters. The summed E-state index contributed by atoms with van der Waals surface area (Å²) >= 11 is 0. The Morgan fingerprint density at radius 3 is 2.44 bits per heavy atom. The van der Waals surface area contributed by atoms with E-state index >= 15 is 0 Å². The minimum atomic E-state index is -0.0505. The maximum atomic E-state index is 13.3. The van der Waals surface area contributed by atoms with E-state index in [0.29, 0.717) is 13.2 Å². The monoisotopic (exact) mass is 446 g/mol. The number of nitrogens with zero attached hydrogens (tertiary/aromatic N) is 1. The van der Waals surface area contributed by atoms with Crippen LogP contribution in [0.5, 0.6) is 5.75 Å². The summed E-state index contributed by atoms with van der Waals surface area (Å²) < 4.78 is 5.93. The van der Waals surface area contributed by atoms with Crippen LogP contribution in [0.2, 0.25) is 0 Å². The zero-order valence-electron chi connectivity index (χ0n) is 18.8. The number of anilines is 2. The van der Waals surface area contributed by atoms with Crippen LogP contribution in [0.1, 0.15) is 22.7 Å². The second-order valence-electron chi connectivity index (χ2n) is 8.25. The number of ether oxygens (including phenoxy) is 1. The van der Waals surface area contributed by atoms with Crippen LogP contribution in [0.4, 0.5) is 11.4 Å². The molecule has 1 heterocycles. The summed E-state index contributed by atoms with van der Waals surface area (Å²) in [6, 6.07) is 36.1. The largest absolute Gasteiger partial charge is 0.489 e. The SMILES string of the molecule is O=C(/C=C/c1cccc(OCc2ccccc2)c1)N1CC(c2ccccc2)Nc2ccccc21. The van der Waals surface area contributed by atoms with Crippen molar-refractivity contribution >= 4 is 23.4 Å². The van der Waals surface area contributed by atoms with Crippen LogP contribution in [0.25, 0.3) is 6.08 Å². The highest BCUT2D eigenvalue weighted by Crippen LogP contribution is 2.35. The molecule has 0 saturated heterocycles. The van der Waals surface area contributed by atoms with Gasteiger partial charge in [-0.1, -0.05) is 84.9 Å². The third-order valence-corrected chi connectivity index (χ3v) is 5.88. The van der Waals surface area contributed by atoms with Crippen LogP contribution in [0.3, 0.4) is 0 Å². The van der Waals surface area contributed by atoms with Gasteiger partial charge in [-0.2, -0.15) is 0 Å². The van der Waals surface area contributed by atoms with Crippen molar-refractivity contribution in [2.75, 3.05) is 16.8 Å². The number of hydrogen-bond acceptors (Lipinski definition) is 3. The maximum Gasteiger partial charge on any atom is 0.251 e. The third kappa shape index (κ3) is 5.02. The van der Waals surface area contributed by atoms with Crippen molar-refractivity contribution in [2.45, 2.75) is 12.6 Å². The summed E-state index contributed by atoms with van der Waals surface area (Å²) in [5.74, 6) is 0.723. The van der Waals surface area contributed by atoms with Crippen LogP contribution in [0, 0.1) is 0 Å². The Hall–Kier alpha value is -4.31. The number of amides is 1. The molecule has 4 aromatic rings. The van der Waals surface area contributed by atoms with Crippen LogP contribution in [0.15, 0.2) is 115 Å². The minimum absolute atomic E-state index is 0.0307. The van der Waals surface area contributed by atoms with Gasteiger partial charge in [-0.3, -0.25) is 4.79 Å². The Kier molecular flexibility index (Phi) is 6.39. The molecule has 4 aromatic carbocycles. The normalized spacial score (nSPS) is 14.9. The molecule has 0 aliphatic carbocycles. The fourth-order valence-corrected chi connectivity index (χ4v) is 4.13. The quantitative estimate of drug-likeness (QED) is 0.345. The van der Waals surface area contributed by atoms with Crippen LogP contribution in [-0.4, -0.2) is 12.5 Å². The lowest BCUT2D eigenvalue weighted by molar-refractivity contribution is -0.114. The van der Waals surface area contributed by atoms with E-state index in [1.807, 2.05) is 108 Å². The van der Waals surface area contributed by atoms with Gasteiger partial charge in [-0.25, -0.2) is 0 Å². The standard InChI is InChI=1S/C30H26N2O2/c33-30(19-18-23-12-9-15-26(20-23)34-22-24-10-3-1-4-11-24)32-21-28(25-13-5-2-6-14-25)31-27-16-7-8-17-29(27)32/h1-20,28,31H,21-22H2/b19-18+. The van der Waals surface area contributed by atoms with Gasteiger partial charge in [-0.15, -0.1) is 0 Å². The summed E-state index contributed by atoms with van der Waals surface area (Å²) in [5.41, 5.74) is 5.04. The molecule has 1 aliphatic heterocycles. The molecule has 1 amide bonds.